The van der Waals surface area contributed by atoms with Gasteiger partial charge in [-0.1, -0.05) is 41.9 Å². The van der Waals surface area contributed by atoms with Crippen LogP contribution in [0.1, 0.15) is 5.56 Å². The number of aliphatic carboxylic acids is 1. The fourth-order valence-electron chi connectivity index (χ4n) is 3.64. The highest BCUT2D eigenvalue weighted by Crippen LogP contribution is 2.34. The minimum atomic E-state index is -5.08. The molecule has 0 saturated carbocycles. The first-order chi connectivity index (χ1) is 14.6. The number of carbonyl (C=O) groups excluding carboxylic acids is 1. The van der Waals surface area contributed by atoms with Gasteiger partial charge in [0.25, 0.3) is 0 Å². The molecule has 2 aliphatic heterocycles. The third-order valence-electron chi connectivity index (χ3n) is 5.20. The van der Waals surface area contributed by atoms with Gasteiger partial charge in [-0.15, -0.1) is 0 Å². The normalized spacial score (nSPS) is 20.2. The molecule has 0 aromatic heterocycles. The van der Waals surface area contributed by atoms with Crippen LogP contribution in [-0.2, 0) is 11.3 Å². The summed E-state index contributed by atoms with van der Waals surface area (Å²) < 4.78 is 31.7. The van der Waals surface area contributed by atoms with Crippen molar-refractivity contribution in [1.82, 2.24) is 9.80 Å². The van der Waals surface area contributed by atoms with Gasteiger partial charge in [0.05, 0.1) is 0 Å². The lowest BCUT2D eigenvalue weighted by molar-refractivity contribution is -0.192. The molecule has 2 amide bonds. The van der Waals surface area contributed by atoms with Gasteiger partial charge in [0, 0.05) is 48.8 Å². The van der Waals surface area contributed by atoms with Gasteiger partial charge in [-0.2, -0.15) is 13.2 Å². The zero-order valence-corrected chi connectivity index (χ0v) is 17.1. The number of anilines is 1. The van der Waals surface area contributed by atoms with E-state index in [0.29, 0.717) is 12.0 Å². The third-order valence-corrected chi connectivity index (χ3v) is 5.45. The number of alkyl halides is 3. The van der Waals surface area contributed by atoms with Crippen molar-refractivity contribution in [1.29, 1.82) is 0 Å². The zero-order chi connectivity index (χ0) is 22.6. The van der Waals surface area contributed by atoms with Crippen molar-refractivity contribution in [3.05, 3.63) is 65.2 Å². The SMILES string of the molecule is O=C(Nc1ccccc1)N1CC2CN(Cc3ccc(Cl)cc3)C2C1.O=C(O)C(F)(F)F. The van der Waals surface area contributed by atoms with E-state index in [1.165, 1.54) is 5.56 Å². The number of hydrogen-bond donors (Lipinski definition) is 2. The lowest BCUT2D eigenvalue weighted by Gasteiger charge is -2.43. The number of carboxylic acid groups (broad SMARTS) is 1. The van der Waals surface area contributed by atoms with E-state index in [1.54, 1.807) is 0 Å². The van der Waals surface area contributed by atoms with E-state index in [0.717, 1.165) is 36.9 Å². The second-order valence-corrected chi connectivity index (χ2v) is 7.82. The number of fused-ring (bicyclic) bond motifs is 1. The summed E-state index contributed by atoms with van der Waals surface area (Å²) in [6.07, 6.45) is -5.08. The molecule has 4 rings (SSSR count). The van der Waals surface area contributed by atoms with Gasteiger partial charge in [-0.25, -0.2) is 9.59 Å². The highest BCUT2D eigenvalue weighted by atomic mass is 35.5. The van der Waals surface area contributed by atoms with Crippen LogP contribution in [-0.4, -0.2) is 58.8 Å². The summed E-state index contributed by atoms with van der Waals surface area (Å²) in [5.74, 6) is -2.16. The molecule has 0 bridgehead atoms. The Hall–Kier alpha value is -2.78. The number of likely N-dealkylation sites (tertiary alicyclic amines) is 2. The average molecular weight is 456 g/mol. The maximum Gasteiger partial charge on any atom is 0.490 e. The Morgan fingerprint density at radius 2 is 1.65 bits per heavy atom. The Morgan fingerprint density at radius 3 is 2.23 bits per heavy atom. The molecule has 2 aliphatic rings. The number of halogens is 4. The summed E-state index contributed by atoms with van der Waals surface area (Å²) in [6, 6.07) is 18.1. The number of carbonyl (C=O) groups is 2. The highest BCUT2D eigenvalue weighted by molar-refractivity contribution is 6.30. The monoisotopic (exact) mass is 455 g/mol. The molecule has 2 fully saturated rings. The summed E-state index contributed by atoms with van der Waals surface area (Å²) in [5.41, 5.74) is 2.12. The largest absolute Gasteiger partial charge is 0.490 e. The van der Waals surface area contributed by atoms with Crippen molar-refractivity contribution in [3.63, 3.8) is 0 Å². The van der Waals surface area contributed by atoms with Crippen LogP contribution >= 0.6 is 11.6 Å². The number of amides is 2. The molecule has 2 saturated heterocycles. The van der Waals surface area contributed by atoms with Crippen LogP contribution in [0.2, 0.25) is 5.02 Å². The number of benzene rings is 2. The van der Waals surface area contributed by atoms with Gasteiger partial charge >= 0.3 is 18.2 Å². The standard InChI is InChI=1S/C19H20ClN3O.C2HF3O2/c20-16-8-6-14(7-9-16)10-22-11-15-12-23(13-18(15)22)19(24)21-17-4-2-1-3-5-17;3-2(4,5)1(6)7/h1-9,15,18H,10-13H2,(H,21,24);(H,6,7). The van der Waals surface area contributed by atoms with Crippen molar-refractivity contribution in [2.75, 3.05) is 25.0 Å². The molecule has 166 valence electrons. The van der Waals surface area contributed by atoms with E-state index in [4.69, 9.17) is 21.5 Å². The molecule has 2 atom stereocenters. The number of para-hydroxylation sites is 1. The van der Waals surface area contributed by atoms with Crippen LogP contribution in [0.5, 0.6) is 0 Å². The van der Waals surface area contributed by atoms with E-state index >= 15 is 0 Å². The number of hydrogen-bond acceptors (Lipinski definition) is 3. The lowest BCUT2D eigenvalue weighted by atomic mass is 9.91. The fourth-order valence-corrected chi connectivity index (χ4v) is 3.77. The van der Waals surface area contributed by atoms with Crippen LogP contribution in [0.3, 0.4) is 0 Å². The molecule has 2 unspecified atom stereocenters. The van der Waals surface area contributed by atoms with E-state index in [-0.39, 0.29) is 6.03 Å². The van der Waals surface area contributed by atoms with Gasteiger partial charge in [0.2, 0.25) is 0 Å². The predicted molar refractivity (Wildman–Crippen MR) is 110 cm³/mol. The Kier molecular flexibility index (Phi) is 7.07. The molecule has 10 heteroatoms. The summed E-state index contributed by atoms with van der Waals surface area (Å²) in [7, 11) is 0. The maximum atomic E-state index is 12.4. The molecule has 0 radical (unpaired) electrons. The third kappa shape index (κ3) is 6.11. The van der Waals surface area contributed by atoms with Gasteiger partial charge in [-0.3, -0.25) is 4.90 Å². The van der Waals surface area contributed by atoms with Gasteiger partial charge in [-0.05, 0) is 29.8 Å². The second kappa shape index (κ2) is 9.57. The quantitative estimate of drug-likeness (QED) is 0.723. The van der Waals surface area contributed by atoms with Crippen molar-refractivity contribution >= 4 is 29.3 Å². The highest BCUT2D eigenvalue weighted by Gasteiger charge is 2.46. The lowest BCUT2D eigenvalue weighted by Crippen LogP contribution is -2.54. The van der Waals surface area contributed by atoms with Crippen LogP contribution in [0, 0.1) is 5.92 Å². The topological polar surface area (TPSA) is 72.9 Å². The first kappa shape index (κ1) is 22.9. The Bertz CT molecular complexity index is 910. The first-order valence-corrected chi connectivity index (χ1v) is 9.91. The molecule has 2 aromatic rings. The van der Waals surface area contributed by atoms with Crippen LogP contribution in [0.15, 0.2) is 54.6 Å². The number of nitrogens with zero attached hydrogens (tertiary/aromatic N) is 2. The first-order valence-electron chi connectivity index (χ1n) is 9.53. The Balaban J connectivity index is 0.000000339. The number of nitrogens with one attached hydrogen (secondary N) is 1. The minimum absolute atomic E-state index is 0.00189. The van der Waals surface area contributed by atoms with Crippen molar-refractivity contribution in [3.8, 4) is 0 Å². The van der Waals surface area contributed by atoms with E-state index < -0.39 is 12.1 Å². The number of carboxylic acids is 1. The summed E-state index contributed by atoms with van der Waals surface area (Å²) in [5, 5.41) is 10.9. The van der Waals surface area contributed by atoms with Crippen LogP contribution in [0.4, 0.5) is 23.7 Å². The molecule has 2 heterocycles. The molecule has 6 nitrogen and oxygen atoms in total. The molecule has 2 N–H and O–H groups in total. The van der Waals surface area contributed by atoms with E-state index in [2.05, 4.69) is 22.3 Å². The predicted octanol–water partition coefficient (Wildman–Crippen LogP) is 4.32. The summed E-state index contributed by atoms with van der Waals surface area (Å²) in [6.45, 7) is 3.63. The van der Waals surface area contributed by atoms with Crippen molar-refractivity contribution in [2.24, 2.45) is 5.92 Å². The smallest absolute Gasteiger partial charge is 0.475 e. The Morgan fingerprint density at radius 1 is 1.03 bits per heavy atom. The van der Waals surface area contributed by atoms with Crippen molar-refractivity contribution in [2.45, 2.75) is 18.8 Å². The second-order valence-electron chi connectivity index (χ2n) is 7.39. The van der Waals surface area contributed by atoms with Gasteiger partial charge < -0.3 is 15.3 Å². The molecular weight excluding hydrogens is 435 g/mol. The fraction of sp³-hybridized carbons (Fsp3) is 0.333. The zero-order valence-electron chi connectivity index (χ0n) is 16.3. The number of urea groups is 1. The molecule has 0 spiro atoms. The van der Waals surface area contributed by atoms with E-state index in [9.17, 15) is 18.0 Å². The maximum absolute atomic E-state index is 12.4. The average Bonchev–Trinajstić information content (AvgIpc) is 3.05. The van der Waals surface area contributed by atoms with Crippen LogP contribution in [0.25, 0.3) is 0 Å². The van der Waals surface area contributed by atoms with Gasteiger partial charge in [0.15, 0.2) is 0 Å². The molecular formula is C21H21ClF3N3O3. The van der Waals surface area contributed by atoms with Crippen LogP contribution < -0.4 is 5.32 Å². The molecule has 0 aliphatic carbocycles. The summed E-state index contributed by atoms with van der Waals surface area (Å²) >= 11 is 5.94. The van der Waals surface area contributed by atoms with Crippen molar-refractivity contribution < 1.29 is 27.9 Å². The molecule has 31 heavy (non-hydrogen) atoms. The van der Waals surface area contributed by atoms with E-state index in [1.807, 2.05) is 47.4 Å². The number of rotatable bonds is 3. The molecule has 2 aromatic carbocycles. The Labute approximate surface area is 182 Å². The van der Waals surface area contributed by atoms with Gasteiger partial charge in [0.1, 0.15) is 0 Å². The summed E-state index contributed by atoms with van der Waals surface area (Å²) in [4.78, 5) is 25.7. The minimum Gasteiger partial charge on any atom is -0.475 e.